The van der Waals surface area contributed by atoms with Crippen molar-refractivity contribution in [2.45, 2.75) is 19.3 Å². The summed E-state index contributed by atoms with van der Waals surface area (Å²) in [5.41, 5.74) is 8.51. The van der Waals surface area contributed by atoms with Crippen molar-refractivity contribution in [2.75, 3.05) is 5.73 Å². The molecule has 1 aromatic carbocycles. The highest BCUT2D eigenvalue weighted by Gasteiger charge is 2.26. The van der Waals surface area contributed by atoms with Crippen molar-refractivity contribution < 1.29 is 4.52 Å². The van der Waals surface area contributed by atoms with Crippen molar-refractivity contribution >= 4 is 29.1 Å². The van der Waals surface area contributed by atoms with Gasteiger partial charge < -0.3 is 10.3 Å². The van der Waals surface area contributed by atoms with E-state index >= 15 is 0 Å². The van der Waals surface area contributed by atoms with Crippen LogP contribution >= 0.6 is 23.2 Å². The maximum Gasteiger partial charge on any atom is 0.230 e. The number of benzene rings is 1. The average molecular weight is 283 g/mol. The van der Waals surface area contributed by atoms with Gasteiger partial charge in [0.1, 0.15) is 0 Å². The summed E-state index contributed by atoms with van der Waals surface area (Å²) in [4.78, 5) is 0. The Hall–Kier alpha value is -1.19. The summed E-state index contributed by atoms with van der Waals surface area (Å²) in [7, 11) is 0. The fourth-order valence-electron chi connectivity index (χ4n) is 2.03. The number of rotatable bonds is 3. The summed E-state index contributed by atoms with van der Waals surface area (Å²) < 4.78 is 5.10. The van der Waals surface area contributed by atoms with Gasteiger partial charge in [-0.2, -0.15) is 0 Å². The van der Waals surface area contributed by atoms with Crippen molar-refractivity contribution in [3.8, 4) is 11.1 Å². The molecule has 0 atom stereocenters. The highest BCUT2D eigenvalue weighted by atomic mass is 35.5. The van der Waals surface area contributed by atoms with Crippen LogP contribution in [0.1, 0.15) is 18.5 Å². The van der Waals surface area contributed by atoms with E-state index in [4.69, 9.17) is 33.5 Å². The van der Waals surface area contributed by atoms with Gasteiger partial charge >= 0.3 is 0 Å². The molecule has 0 unspecified atom stereocenters. The van der Waals surface area contributed by atoms with Gasteiger partial charge in [-0.25, -0.2) is 0 Å². The third-order valence-electron chi connectivity index (χ3n) is 3.18. The molecular weight excluding hydrogens is 271 g/mol. The summed E-state index contributed by atoms with van der Waals surface area (Å²) in [6, 6.07) is 5.43. The number of nitrogens with zero attached hydrogens (tertiary/aromatic N) is 1. The van der Waals surface area contributed by atoms with E-state index in [0.29, 0.717) is 15.9 Å². The predicted octanol–water partition coefficient (Wildman–Crippen LogP) is 4.18. The lowest BCUT2D eigenvalue weighted by Crippen LogP contribution is -1.93. The molecule has 0 radical (unpaired) electrons. The zero-order valence-corrected chi connectivity index (χ0v) is 11.1. The minimum atomic E-state index is 0.337. The maximum absolute atomic E-state index is 6.03. The second-order valence-electron chi connectivity index (χ2n) is 4.64. The van der Waals surface area contributed by atoms with Crippen molar-refractivity contribution in [3.05, 3.63) is 33.9 Å². The summed E-state index contributed by atoms with van der Waals surface area (Å²) in [6.07, 6.45) is 3.43. The van der Waals surface area contributed by atoms with E-state index < -0.39 is 0 Å². The first kappa shape index (κ1) is 11.9. The third kappa shape index (κ3) is 2.20. The Morgan fingerprint density at radius 2 is 2.06 bits per heavy atom. The Morgan fingerprint density at radius 1 is 1.28 bits per heavy atom. The number of aromatic nitrogens is 1. The van der Waals surface area contributed by atoms with E-state index in [2.05, 4.69) is 5.16 Å². The van der Waals surface area contributed by atoms with Crippen molar-refractivity contribution in [2.24, 2.45) is 5.92 Å². The zero-order valence-electron chi connectivity index (χ0n) is 9.62. The standard InChI is InChI=1S/C13H12Cl2N2O/c14-9-4-3-8(6-10(9)15)12-11(5-7-1-2-7)17-18-13(12)16/h3-4,6-7H,1-2,5,16H2. The maximum atomic E-state index is 6.03. The Bertz CT molecular complexity index is 591. The number of hydrogen-bond donors (Lipinski definition) is 1. The topological polar surface area (TPSA) is 52.0 Å². The van der Waals surface area contributed by atoms with E-state index in [9.17, 15) is 0 Å². The Labute approximate surface area is 115 Å². The first-order valence-corrected chi connectivity index (χ1v) is 6.60. The second kappa shape index (κ2) is 4.48. The minimum absolute atomic E-state index is 0.337. The first-order chi connectivity index (χ1) is 8.65. The van der Waals surface area contributed by atoms with Gasteiger partial charge in [-0.3, -0.25) is 0 Å². The van der Waals surface area contributed by atoms with Gasteiger partial charge in [0.05, 0.1) is 21.3 Å². The van der Waals surface area contributed by atoms with Gasteiger partial charge in [-0.05, 0) is 42.9 Å². The molecule has 0 spiro atoms. The number of hydrogen-bond acceptors (Lipinski definition) is 3. The Kier molecular flexibility index (Phi) is 2.96. The van der Waals surface area contributed by atoms with E-state index in [1.807, 2.05) is 6.07 Å². The highest BCUT2D eigenvalue weighted by Crippen LogP contribution is 2.38. The third-order valence-corrected chi connectivity index (χ3v) is 3.92. The van der Waals surface area contributed by atoms with Crippen LogP contribution in [0.4, 0.5) is 5.88 Å². The molecule has 1 saturated carbocycles. The molecule has 0 bridgehead atoms. The fourth-order valence-corrected chi connectivity index (χ4v) is 2.33. The molecule has 0 amide bonds. The molecule has 5 heteroatoms. The quantitative estimate of drug-likeness (QED) is 0.919. The van der Waals surface area contributed by atoms with Crippen molar-refractivity contribution in [1.29, 1.82) is 0 Å². The molecule has 1 aliphatic rings. The number of nitrogens with two attached hydrogens (primary N) is 1. The summed E-state index contributed by atoms with van der Waals surface area (Å²) in [6.45, 7) is 0. The smallest absolute Gasteiger partial charge is 0.230 e. The van der Waals surface area contributed by atoms with Gasteiger partial charge in [-0.15, -0.1) is 0 Å². The second-order valence-corrected chi connectivity index (χ2v) is 5.46. The Balaban J connectivity index is 2.03. The molecule has 2 aromatic rings. The average Bonchev–Trinajstić information content (AvgIpc) is 3.07. The molecule has 3 nitrogen and oxygen atoms in total. The van der Waals surface area contributed by atoms with Crippen LogP contribution in [-0.4, -0.2) is 5.16 Å². The van der Waals surface area contributed by atoms with Crippen LogP contribution in [0.15, 0.2) is 22.7 Å². The molecule has 3 rings (SSSR count). The summed E-state index contributed by atoms with van der Waals surface area (Å²) >= 11 is 11.9. The molecule has 0 aliphatic heterocycles. The number of halogens is 2. The number of nitrogen functional groups attached to an aromatic ring is 1. The van der Waals surface area contributed by atoms with Crippen LogP contribution in [0.3, 0.4) is 0 Å². The van der Waals surface area contributed by atoms with Crippen molar-refractivity contribution in [3.63, 3.8) is 0 Å². The fraction of sp³-hybridized carbons (Fsp3) is 0.308. The van der Waals surface area contributed by atoms with E-state index in [1.54, 1.807) is 12.1 Å². The van der Waals surface area contributed by atoms with Gasteiger partial charge in [0.2, 0.25) is 5.88 Å². The molecule has 94 valence electrons. The van der Waals surface area contributed by atoms with Crippen LogP contribution in [0.25, 0.3) is 11.1 Å². The van der Waals surface area contributed by atoms with Crippen LogP contribution in [-0.2, 0) is 6.42 Å². The van der Waals surface area contributed by atoms with Crippen LogP contribution < -0.4 is 5.73 Å². The lowest BCUT2D eigenvalue weighted by Gasteiger charge is -2.03. The SMILES string of the molecule is Nc1onc(CC2CC2)c1-c1ccc(Cl)c(Cl)c1. The summed E-state index contributed by atoms with van der Waals surface area (Å²) in [5.74, 6) is 1.06. The van der Waals surface area contributed by atoms with Crippen LogP contribution in [0.5, 0.6) is 0 Å². The Morgan fingerprint density at radius 3 is 2.72 bits per heavy atom. The van der Waals surface area contributed by atoms with Gasteiger partial charge in [-0.1, -0.05) is 34.4 Å². The molecule has 18 heavy (non-hydrogen) atoms. The van der Waals surface area contributed by atoms with Crippen LogP contribution in [0.2, 0.25) is 10.0 Å². The molecule has 1 heterocycles. The molecule has 0 saturated heterocycles. The van der Waals surface area contributed by atoms with Gasteiger partial charge in [0.25, 0.3) is 0 Å². The lowest BCUT2D eigenvalue weighted by molar-refractivity contribution is 0.426. The normalized spacial score (nSPS) is 15.0. The number of anilines is 1. The van der Waals surface area contributed by atoms with Gasteiger partial charge in [0.15, 0.2) is 0 Å². The molecule has 1 aromatic heterocycles. The largest absolute Gasteiger partial charge is 0.367 e. The van der Waals surface area contributed by atoms with Crippen molar-refractivity contribution in [1.82, 2.24) is 5.16 Å². The summed E-state index contributed by atoms with van der Waals surface area (Å²) in [5, 5.41) is 5.08. The lowest BCUT2D eigenvalue weighted by atomic mass is 10.0. The monoisotopic (exact) mass is 282 g/mol. The van der Waals surface area contributed by atoms with Crippen LogP contribution in [0, 0.1) is 5.92 Å². The van der Waals surface area contributed by atoms with E-state index in [-0.39, 0.29) is 0 Å². The molecule has 2 N–H and O–H groups in total. The van der Waals surface area contributed by atoms with E-state index in [0.717, 1.165) is 29.2 Å². The highest BCUT2D eigenvalue weighted by molar-refractivity contribution is 6.42. The molecular formula is C13H12Cl2N2O. The predicted molar refractivity (Wildman–Crippen MR) is 72.8 cm³/mol. The molecule has 1 aliphatic carbocycles. The van der Waals surface area contributed by atoms with E-state index in [1.165, 1.54) is 12.8 Å². The van der Waals surface area contributed by atoms with Gasteiger partial charge in [0, 0.05) is 0 Å². The minimum Gasteiger partial charge on any atom is -0.367 e. The molecule has 1 fully saturated rings. The zero-order chi connectivity index (χ0) is 12.7. The first-order valence-electron chi connectivity index (χ1n) is 5.84.